The van der Waals surface area contributed by atoms with E-state index in [-0.39, 0.29) is 0 Å². The third kappa shape index (κ3) is 4.79. The standard InChI is InChI=1S/C13H25N3/c1-3-5-6-7-8-9-15-13(4-2)16-11-10-14-12-16/h10-13,15H,3-9H2,1-2H3. The smallest absolute Gasteiger partial charge is 0.0959 e. The lowest BCUT2D eigenvalue weighted by Crippen LogP contribution is -2.26. The zero-order valence-corrected chi connectivity index (χ0v) is 10.7. The summed E-state index contributed by atoms with van der Waals surface area (Å²) in [6.07, 6.45) is 14.0. The predicted molar refractivity (Wildman–Crippen MR) is 68.3 cm³/mol. The average molecular weight is 223 g/mol. The lowest BCUT2D eigenvalue weighted by Gasteiger charge is -2.18. The Balaban J connectivity index is 2.11. The second-order valence-electron chi connectivity index (χ2n) is 4.30. The Kier molecular flexibility index (Phi) is 6.90. The van der Waals surface area contributed by atoms with E-state index in [4.69, 9.17) is 0 Å². The molecule has 0 aliphatic heterocycles. The number of imidazole rings is 1. The molecule has 16 heavy (non-hydrogen) atoms. The van der Waals surface area contributed by atoms with E-state index in [1.165, 1.54) is 32.1 Å². The molecular formula is C13H25N3. The molecule has 0 aliphatic rings. The minimum Gasteiger partial charge on any atom is -0.321 e. The third-order valence-corrected chi connectivity index (χ3v) is 2.93. The molecule has 0 fully saturated rings. The van der Waals surface area contributed by atoms with Gasteiger partial charge in [0.2, 0.25) is 0 Å². The van der Waals surface area contributed by atoms with E-state index >= 15 is 0 Å². The van der Waals surface area contributed by atoms with Crippen molar-refractivity contribution in [2.75, 3.05) is 6.54 Å². The topological polar surface area (TPSA) is 29.9 Å². The Labute approximate surface area is 99.3 Å². The zero-order valence-electron chi connectivity index (χ0n) is 10.7. The first-order valence-electron chi connectivity index (χ1n) is 6.59. The molecule has 1 rings (SSSR count). The number of aromatic nitrogens is 2. The molecule has 1 aromatic heterocycles. The number of hydrogen-bond donors (Lipinski definition) is 1. The number of rotatable bonds is 9. The van der Waals surface area contributed by atoms with Crippen molar-refractivity contribution in [2.45, 2.75) is 58.5 Å². The summed E-state index contributed by atoms with van der Waals surface area (Å²) in [7, 11) is 0. The molecule has 3 heteroatoms. The highest BCUT2D eigenvalue weighted by Gasteiger charge is 2.05. The lowest BCUT2D eigenvalue weighted by atomic mass is 10.1. The van der Waals surface area contributed by atoms with Gasteiger partial charge in [-0.2, -0.15) is 0 Å². The lowest BCUT2D eigenvalue weighted by molar-refractivity contribution is 0.385. The Bertz CT molecular complexity index is 244. The van der Waals surface area contributed by atoms with Crippen LogP contribution < -0.4 is 5.32 Å². The van der Waals surface area contributed by atoms with Crippen molar-refractivity contribution in [3.63, 3.8) is 0 Å². The number of nitrogens with zero attached hydrogens (tertiary/aromatic N) is 2. The van der Waals surface area contributed by atoms with E-state index < -0.39 is 0 Å². The highest BCUT2D eigenvalue weighted by atomic mass is 15.2. The van der Waals surface area contributed by atoms with Crippen LogP contribution in [0.5, 0.6) is 0 Å². The van der Waals surface area contributed by atoms with Gasteiger partial charge in [-0.1, -0.05) is 39.5 Å². The zero-order chi connectivity index (χ0) is 11.6. The SMILES string of the molecule is CCCCCCCNC(CC)n1ccnc1. The molecule has 0 spiro atoms. The van der Waals surface area contributed by atoms with Gasteiger partial charge >= 0.3 is 0 Å². The number of nitrogens with one attached hydrogen (secondary N) is 1. The maximum Gasteiger partial charge on any atom is 0.0959 e. The molecule has 0 saturated carbocycles. The van der Waals surface area contributed by atoms with Gasteiger partial charge in [-0.05, 0) is 19.4 Å². The van der Waals surface area contributed by atoms with Gasteiger partial charge < -0.3 is 4.57 Å². The molecule has 1 unspecified atom stereocenters. The fraction of sp³-hybridized carbons (Fsp3) is 0.769. The highest BCUT2D eigenvalue weighted by molar-refractivity contribution is 4.78. The summed E-state index contributed by atoms with van der Waals surface area (Å²) in [5.41, 5.74) is 0. The van der Waals surface area contributed by atoms with Crippen molar-refractivity contribution in [1.29, 1.82) is 0 Å². The maximum absolute atomic E-state index is 4.08. The monoisotopic (exact) mass is 223 g/mol. The van der Waals surface area contributed by atoms with Crippen LogP contribution in [0.25, 0.3) is 0 Å². The predicted octanol–water partition coefficient (Wildman–Crippen LogP) is 3.35. The molecule has 0 aromatic carbocycles. The Morgan fingerprint density at radius 1 is 1.19 bits per heavy atom. The highest BCUT2D eigenvalue weighted by Crippen LogP contribution is 2.07. The van der Waals surface area contributed by atoms with Crippen LogP contribution in [0, 0.1) is 0 Å². The van der Waals surface area contributed by atoms with E-state index in [1.54, 1.807) is 0 Å². The van der Waals surface area contributed by atoms with Crippen LogP contribution in [-0.4, -0.2) is 16.1 Å². The normalized spacial score (nSPS) is 12.9. The largest absolute Gasteiger partial charge is 0.321 e. The molecular weight excluding hydrogens is 198 g/mol. The first-order chi connectivity index (χ1) is 7.88. The van der Waals surface area contributed by atoms with Crippen LogP contribution in [-0.2, 0) is 0 Å². The summed E-state index contributed by atoms with van der Waals surface area (Å²) in [6.45, 7) is 5.57. The number of hydrogen-bond acceptors (Lipinski definition) is 2. The van der Waals surface area contributed by atoms with Gasteiger partial charge in [-0.25, -0.2) is 4.98 Å². The summed E-state index contributed by atoms with van der Waals surface area (Å²) < 4.78 is 2.14. The van der Waals surface area contributed by atoms with Crippen molar-refractivity contribution in [3.05, 3.63) is 18.7 Å². The maximum atomic E-state index is 4.08. The van der Waals surface area contributed by atoms with E-state index in [0.717, 1.165) is 13.0 Å². The van der Waals surface area contributed by atoms with Crippen molar-refractivity contribution >= 4 is 0 Å². The fourth-order valence-electron chi connectivity index (χ4n) is 1.91. The van der Waals surface area contributed by atoms with Gasteiger partial charge in [-0.3, -0.25) is 5.32 Å². The molecule has 1 heterocycles. The summed E-state index contributed by atoms with van der Waals surface area (Å²) in [5, 5.41) is 3.57. The number of unbranched alkanes of at least 4 members (excludes halogenated alkanes) is 4. The van der Waals surface area contributed by atoms with E-state index in [0.29, 0.717) is 6.17 Å². The van der Waals surface area contributed by atoms with E-state index in [9.17, 15) is 0 Å². The second-order valence-corrected chi connectivity index (χ2v) is 4.30. The van der Waals surface area contributed by atoms with Crippen molar-refractivity contribution in [3.8, 4) is 0 Å². The van der Waals surface area contributed by atoms with E-state index in [2.05, 4.69) is 28.7 Å². The fourth-order valence-corrected chi connectivity index (χ4v) is 1.91. The van der Waals surface area contributed by atoms with Gasteiger partial charge in [0.05, 0.1) is 12.5 Å². The molecule has 0 bridgehead atoms. The molecule has 1 N–H and O–H groups in total. The molecule has 3 nitrogen and oxygen atoms in total. The van der Waals surface area contributed by atoms with Gasteiger partial charge in [0.1, 0.15) is 0 Å². The van der Waals surface area contributed by atoms with Crippen molar-refractivity contribution in [2.24, 2.45) is 0 Å². The van der Waals surface area contributed by atoms with Crippen LogP contribution >= 0.6 is 0 Å². The Morgan fingerprint density at radius 2 is 2.00 bits per heavy atom. The molecule has 92 valence electrons. The first kappa shape index (κ1) is 13.2. The van der Waals surface area contributed by atoms with E-state index in [1.807, 2.05) is 18.7 Å². The summed E-state index contributed by atoms with van der Waals surface area (Å²) >= 11 is 0. The van der Waals surface area contributed by atoms with Gasteiger partial charge in [-0.15, -0.1) is 0 Å². The quantitative estimate of drug-likeness (QED) is 0.651. The Morgan fingerprint density at radius 3 is 2.62 bits per heavy atom. The van der Waals surface area contributed by atoms with Gasteiger partial charge in [0, 0.05) is 12.4 Å². The van der Waals surface area contributed by atoms with Crippen LogP contribution in [0.1, 0.15) is 58.5 Å². The average Bonchev–Trinajstić information content (AvgIpc) is 2.82. The van der Waals surface area contributed by atoms with Gasteiger partial charge in [0.15, 0.2) is 0 Å². The third-order valence-electron chi connectivity index (χ3n) is 2.93. The molecule has 0 radical (unpaired) electrons. The minimum atomic E-state index is 0.411. The molecule has 1 atom stereocenters. The van der Waals surface area contributed by atoms with Gasteiger partial charge in [0.25, 0.3) is 0 Å². The molecule has 0 saturated heterocycles. The minimum absolute atomic E-state index is 0.411. The van der Waals surface area contributed by atoms with Crippen LogP contribution in [0.3, 0.4) is 0 Å². The molecule has 1 aromatic rings. The first-order valence-corrected chi connectivity index (χ1v) is 6.59. The van der Waals surface area contributed by atoms with Crippen LogP contribution in [0.4, 0.5) is 0 Å². The Hall–Kier alpha value is -0.830. The molecule has 0 aliphatic carbocycles. The van der Waals surface area contributed by atoms with Crippen LogP contribution in [0.2, 0.25) is 0 Å². The van der Waals surface area contributed by atoms with Crippen molar-refractivity contribution < 1.29 is 0 Å². The van der Waals surface area contributed by atoms with Crippen LogP contribution in [0.15, 0.2) is 18.7 Å². The molecule has 0 amide bonds. The van der Waals surface area contributed by atoms with Crippen molar-refractivity contribution in [1.82, 2.24) is 14.9 Å². The summed E-state index contributed by atoms with van der Waals surface area (Å²) in [4.78, 5) is 4.08. The summed E-state index contributed by atoms with van der Waals surface area (Å²) in [6, 6.07) is 0. The second kappa shape index (κ2) is 8.34. The summed E-state index contributed by atoms with van der Waals surface area (Å²) in [5.74, 6) is 0.